The van der Waals surface area contributed by atoms with E-state index in [0.717, 1.165) is 65.7 Å². The molecule has 0 aliphatic rings. The van der Waals surface area contributed by atoms with Gasteiger partial charge in [-0.1, -0.05) is 61.5 Å². The molecule has 4 aromatic carbocycles. The van der Waals surface area contributed by atoms with Gasteiger partial charge in [-0.3, -0.25) is 4.79 Å². The Morgan fingerprint density at radius 3 is 1.80 bits per heavy atom. The van der Waals surface area contributed by atoms with E-state index < -0.39 is 0 Å². The van der Waals surface area contributed by atoms with Crippen LogP contribution in [-0.2, 0) is 6.54 Å². The van der Waals surface area contributed by atoms with Crippen molar-refractivity contribution in [3.05, 3.63) is 114 Å². The molecule has 0 aliphatic carbocycles. The van der Waals surface area contributed by atoms with Crippen LogP contribution in [0.2, 0.25) is 0 Å². The maximum atomic E-state index is 13.6. The lowest BCUT2D eigenvalue weighted by Crippen LogP contribution is -2.17. The number of benzene rings is 4. The maximum absolute atomic E-state index is 13.6. The summed E-state index contributed by atoms with van der Waals surface area (Å²) in [7, 11) is 1.88. The highest BCUT2D eigenvalue weighted by atomic mass is 19.1. The number of fused-ring (bicyclic) bond motifs is 1. The molecule has 1 aromatic heterocycles. The van der Waals surface area contributed by atoms with E-state index in [9.17, 15) is 13.6 Å². The number of nitrogens with two attached hydrogens (primary N) is 2. The van der Waals surface area contributed by atoms with Gasteiger partial charge >= 0.3 is 0 Å². The van der Waals surface area contributed by atoms with Crippen molar-refractivity contribution in [3.63, 3.8) is 0 Å². The number of carbonyl (C=O) groups excluding carboxylic acids is 1. The normalized spacial score (nSPS) is 10.4. The van der Waals surface area contributed by atoms with Gasteiger partial charge in [-0.25, -0.2) is 13.8 Å². The van der Waals surface area contributed by atoms with Crippen LogP contribution in [0.15, 0.2) is 91.0 Å². The first-order chi connectivity index (χ1) is 19.9. The van der Waals surface area contributed by atoms with Crippen molar-refractivity contribution in [2.45, 2.75) is 19.9 Å². The SMILES string of the molecule is CCCN.CNCCN.O=Cc1nc2cc(-c3ccc(F)cc3)c(-c3ccc(F)cc3)cc2n1Cc1ccccc1. The van der Waals surface area contributed by atoms with Gasteiger partial charge in [-0.05, 0) is 84.2 Å². The largest absolute Gasteiger partial charge is 0.330 e. The van der Waals surface area contributed by atoms with Crippen LogP contribution >= 0.6 is 0 Å². The number of carbonyl (C=O) groups is 1. The van der Waals surface area contributed by atoms with Crippen LogP contribution in [-0.4, -0.2) is 42.5 Å². The molecule has 0 bridgehead atoms. The molecule has 1 heterocycles. The number of rotatable bonds is 8. The van der Waals surface area contributed by atoms with E-state index in [1.807, 2.05) is 54.1 Å². The molecule has 214 valence electrons. The zero-order valence-electron chi connectivity index (χ0n) is 23.5. The molecule has 6 nitrogen and oxygen atoms in total. The second-order valence-electron chi connectivity index (χ2n) is 9.24. The van der Waals surface area contributed by atoms with E-state index in [2.05, 4.69) is 17.2 Å². The van der Waals surface area contributed by atoms with E-state index in [4.69, 9.17) is 11.5 Å². The van der Waals surface area contributed by atoms with Crippen molar-refractivity contribution in [1.82, 2.24) is 14.9 Å². The van der Waals surface area contributed by atoms with Crippen LogP contribution in [0.1, 0.15) is 29.5 Å². The van der Waals surface area contributed by atoms with Gasteiger partial charge in [0.25, 0.3) is 0 Å². The Morgan fingerprint density at radius 1 is 0.829 bits per heavy atom. The average Bonchev–Trinajstić information content (AvgIpc) is 3.35. The topological polar surface area (TPSA) is 99.0 Å². The summed E-state index contributed by atoms with van der Waals surface area (Å²) >= 11 is 0. The van der Waals surface area contributed by atoms with Gasteiger partial charge in [0.1, 0.15) is 11.6 Å². The summed E-state index contributed by atoms with van der Waals surface area (Å²) in [4.78, 5) is 16.3. The number of nitrogens with one attached hydrogen (secondary N) is 1. The number of likely N-dealkylation sites (N-methyl/N-ethyl adjacent to an activating group) is 1. The van der Waals surface area contributed by atoms with Crippen LogP contribution in [0.4, 0.5) is 8.78 Å². The standard InChI is InChI=1S/C27H18F2N2O.C3H10N2.C3H9N/c28-21-10-6-19(7-11-21)23-14-25-26(15-24(23)20-8-12-22(29)13-9-20)31(27(17-32)30-25)16-18-4-2-1-3-5-18;1-5-3-2-4;1-2-3-4/h1-15,17H,16H2;5H,2-4H2,1H3;2-4H2,1H3. The highest BCUT2D eigenvalue weighted by Gasteiger charge is 2.16. The lowest BCUT2D eigenvalue weighted by Gasteiger charge is -2.13. The van der Waals surface area contributed by atoms with E-state index in [-0.39, 0.29) is 11.6 Å². The molecule has 0 aliphatic heterocycles. The number of halogens is 2. The van der Waals surface area contributed by atoms with Gasteiger partial charge in [0.15, 0.2) is 12.1 Å². The highest BCUT2D eigenvalue weighted by molar-refractivity contribution is 5.95. The molecule has 0 saturated carbocycles. The van der Waals surface area contributed by atoms with Gasteiger partial charge in [-0.2, -0.15) is 0 Å². The Balaban J connectivity index is 0.000000451. The number of hydrogen-bond donors (Lipinski definition) is 3. The molecule has 5 N–H and O–H groups in total. The Kier molecular flexibility index (Phi) is 12.3. The molecule has 0 fully saturated rings. The lowest BCUT2D eigenvalue weighted by molar-refractivity contribution is 0.111. The fraction of sp³-hybridized carbons (Fsp3) is 0.212. The first kappa shape index (κ1) is 31.3. The Labute approximate surface area is 240 Å². The predicted octanol–water partition coefficient (Wildman–Crippen LogP) is 6.03. The van der Waals surface area contributed by atoms with Crippen molar-refractivity contribution in [2.75, 3.05) is 26.7 Å². The molecule has 41 heavy (non-hydrogen) atoms. The minimum Gasteiger partial charge on any atom is -0.330 e. The summed E-state index contributed by atoms with van der Waals surface area (Å²) in [5.41, 5.74) is 15.9. The molecule has 8 heteroatoms. The minimum absolute atomic E-state index is 0.324. The molecule has 0 saturated heterocycles. The third-order valence-corrected chi connectivity index (χ3v) is 6.20. The van der Waals surface area contributed by atoms with Gasteiger partial charge < -0.3 is 21.4 Å². The van der Waals surface area contributed by atoms with E-state index in [0.29, 0.717) is 17.9 Å². The Morgan fingerprint density at radius 2 is 1.37 bits per heavy atom. The van der Waals surface area contributed by atoms with E-state index in [1.165, 1.54) is 24.3 Å². The molecule has 0 radical (unpaired) electrons. The molecular weight excluding hydrogens is 520 g/mol. The molecule has 0 spiro atoms. The highest BCUT2D eigenvalue weighted by Crippen LogP contribution is 2.36. The quantitative estimate of drug-likeness (QED) is 0.202. The zero-order valence-corrected chi connectivity index (χ0v) is 23.5. The molecular formula is C33H37F2N5O. The van der Waals surface area contributed by atoms with Crippen LogP contribution in [0.3, 0.4) is 0 Å². The minimum atomic E-state index is -0.325. The summed E-state index contributed by atoms with van der Waals surface area (Å²) in [5.74, 6) is -0.325. The van der Waals surface area contributed by atoms with Crippen LogP contribution in [0, 0.1) is 11.6 Å². The molecule has 0 unspecified atom stereocenters. The number of hydrogen-bond acceptors (Lipinski definition) is 5. The second-order valence-corrected chi connectivity index (χ2v) is 9.24. The third-order valence-electron chi connectivity index (χ3n) is 6.20. The Hall–Kier alpha value is -4.24. The molecule has 5 aromatic rings. The summed E-state index contributed by atoms with van der Waals surface area (Å²) in [6.07, 6.45) is 1.85. The van der Waals surface area contributed by atoms with Crippen molar-refractivity contribution < 1.29 is 13.6 Å². The van der Waals surface area contributed by atoms with E-state index >= 15 is 0 Å². The summed E-state index contributed by atoms with van der Waals surface area (Å²) < 4.78 is 29.0. The number of nitrogens with zero attached hydrogens (tertiary/aromatic N) is 2. The lowest BCUT2D eigenvalue weighted by atomic mass is 9.94. The smallest absolute Gasteiger partial charge is 0.185 e. The number of imidazole rings is 1. The molecule has 5 rings (SSSR count). The maximum Gasteiger partial charge on any atom is 0.185 e. The van der Waals surface area contributed by atoms with Gasteiger partial charge in [0.2, 0.25) is 0 Å². The van der Waals surface area contributed by atoms with Gasteiger partial charge in [0.05, 0.1) is 11.0 Å². The Bertz CT molecular complexity index is 1500. The zero-order chi connectivity index (χ0) is 29.6. The van der Waals surface area contributed by atoms with E-state index in [1.54, 1.807) is 24.3 Å². The van der Waals surface area contributed by atoms with Gasteiger partial charge in [-0.15, -0.1) is 0 Å². The van der Waals surface area contributed by atoms with Crippen LogP contribution in [0.5, 0.6) is 0 Å². The predicted molar refractivity (Wildman–Crippen MR) is 164 cm³/mol. The number of aldehydes is 1. The van der Waals surface area contributed by atoms with Gasteiger partial charge in [0, 0.05) is 19.6 Å². The first-order valence-electron chi connectivity index (χ1n) is 13.6. The number of aromatic nitrogens is 2. The average molecular weight is 558 g/mol. The van der Waals surface area contributed by atoms with Crippen molar-refractivity contribution >= 4 is 17.3 Å². The summed E-state index contributed by atoms with van der Waals surface area (Å²) in [6, 6.07) is 26.1. The van der Waals surface area contributed by atoms with Crippen LogP contribution in [0.25, 0.3) is 33.3 Å². The monoisotopic (exact) mass is 557 g/mol. The van der Waals surface area contributed by atoms with Crippen molar-refractivity contribution in [2.24, 2.45) is 11.5 Å². The van der Waals surface area contributed by atoms with Crippen LogP contribution < -0.4 is 16.8 Å². The molecule has 0 atom stereocenters. The second kappa shape index (κ2) is 16.1. The van der Waals surface area contributed by atoms with Crippen molar-refractivity contribution in [1.29, 1.82) is 0 Å². The summed E-state index contributed by atoms with van der Waals surface area (Å²) in [5, 5.41) is 2.89. The third kappa shape index (κ3) is 8.62. The first-order valence-corrected chi connectivity index (χ1v) is 13.6. The fourth-order valence-corrected chi connectivity index (χ4v) is 4.09. The summed E-state index contributed by atoms with van der Waals surface area (Å²) in [6.45, 7) is 5.01. The fourth-order valence-electron chi connectivity index (χ4n) is 4.09. The van der Waals surface area contributed by atoms with Crippen molar-refractivity contribution in [3.8, 4) is 22.3 Å². The molecule has 0 amide bonds.